The van der Waals surface area contributed by atoms with Crippen LogP contribution in [-0.4, -0.2) is 16.4 Å². The van der Waals surface area contributed by atoms with Crippen molar-refractivity contribution in [1.82, 2.24) is 0 Å². The number of nitrogens with zero attached hydrogens (tertiary/aromatic N) is 2. The van der Waals surface area contributed by atoms with Gasteiger partial charge < -0.3 is 4.90 Å². The molecule has 0 saturated heterocycles. The van der Waals surface area contributed by atoms with Crippen LogP contribution in [0.1, 0.15) is 53.6 Å². The predicted molar refractivity (Wildman–Crippen MR) is 143 cm³/mol. The van der Waals surface area contributed by atoms with E-state index in [1.807, 2.05) is 17.9 Å². The first kappa shape index (κ1) is 23.5. The number of nitro groups is 1. The molecule has 1 aromatic heterocycles. The van der Waals surface area contributed by atoms with Gasteiger partial charge in [0.25, 0.3) is 11.6 Å². The number of nitro benzene ring substituents is 1. The van der Waals surface area contributed by atoms with E-state index in [0.29, 0.717) is 20.0 Å². The van der Waals surface area contributed by atoms with E-state index in [1.54, 1.807) is 6.07 Å². The Morgan fingerprint density at radius 2 is 1.77 bits per heavy atom. The van der Waals surface area contributed by atoms with Crippen molar-refractivity contribution in [3.63, 3.8) is 0 Å². The lowest BCUT2D eigenvalue weighted by Crippen LogP contribution is -2.55. The molecular formula is C28H25ClN2O3S. The lowest BCUT2D eigenvalue weighted by Gasteiger charge is -2.51. The van der Waals surface area contributed by atoms with Gasteiger partial charge >= 0.3 is 0 Å². The van der Waals surface area contributed by atoms with Crippen LogP contribution in [0.5, 0.6) is 0 Å². The summed E-state index contributed by atoms with van der Waals surface area (Å²) in [7, 11) is 0. The van der Waals surface area contributed by atoms with Crippen molar-refractivity contribution in [3.8, 4) is 0 Å². The molecular weight excluding hydrogens is 480 g/mol. The molecule has 0 unspecified atom stereocenters. The number of fused-ring (bicyclic) bond motifs is 2. The monoisotopic (exact) mass is 504 g/mol. The van der Waals surface area contributed by atoms with Gasteiger partial charge in [0.15, 0.2) is 0 Å². The molecule has 0 spiro atoms. The molecule has 0 N–H and O–H groups in total. The third kappa shape index (κ3) is 3.72. The minimum Gasteiger partial charge on any atom is -0.302 e. The topological polar surface area (TPSA) is 63.5 Å². The second kappa shape index (κ2) is 8.18. The van der Waals surface area contributed by atoms with Gasteiger partial charge in [-0.25, -0.2) is 0 Å². The number of thiophene rings is 1. The van der Waals surface area contributed by atoms with E-state index in [9.17, 15) is 14.9 Å². The molecule has 0 saturated carbocycles. The van der Waals surface area contributed by atoms with Gasteiger partial charge in [-0.05, 0) is 56.0 Å². The Morgan fingerprint density at radius 3 is 2.46 bits per heavy atom. The molecule has 3 aromatic carbocycles. The lowest BCUT2D eigenvalue weighted by atomic mass is 9.65. The fourth-order valence-electron chi connectivity index (χ4n) is 5.51. The Morgan fingerprint density at radius 1 is 1.06 bits per heavy atom. The average Bonchev–Trinajstić information content (AvgIpc) is 3.14. The molecule has 7 heteroatoms. The molecule has 5 rings (SSSR count). The van der Waals surface area contributed by atoms with Gasteiger partial charge in [0, 0.05) is 38.9 Å². The fraction of sp³-hybridized carbons (Fsp3) is 0.250. The normalized spacial score (nSPS) is 18.9. The fourth-order valence-corrected chi connectivity index (χ4v) is 6.99. The van der Waals surface area contributed by atoms with E-state index in [2.05, 4.69) is 63.2 Å². The first-order chi connectivity index (χ1) is 16.5. The first-order valence-corrected chi connectivity index (χ1v) is 12.6. The van der Waals surface area contributed by atoms with Gasteiger partial charge in [0.05, 0.1) is 9.95 Å². The maximum atomic E-state index is 14.2. The Balaban J connectivity index is 1.69. The van der Waals surface area contributed by atoms with Crippen molar-refractivity contribution < 1.29 is 9.72 Å². The zero-order chi connectivity index (χ0) is 25.1. The summed E-state index contributed by atoms with van der Waals surface area (Å²) in [5, 5.41) is 12.2. The molecule has 4 aromatic rings. The van der Waals surface area contributed by atoms with Crippen molar-refractivity contribution in [3.05, 3.63) is 103 Å². The number of hydrogen-bond donors (Lipinski definition) is 0. The number of non-ortho nitro benzene ring substituents is 1. The molecule has 5 nitrogen and oxygen atoms in total. The molecule has 0 aliphatic carbocycles. The number of carbonyl (C=O) groups is 1. The minimum atomic E-state index is -0.520. The van der Waals surface area contributed by atoms with Crippen LogP contribution in [0.25, 0.3) is 10.1 Å². The van der Waals surface area contributed by atoms with Gasteiger partial charge in [0.1, 0.15) is 4.88 Å². The molecule has 1 aliphatic heterocycles. The highest BCUT2D eigenvalue weighted by Gasteiger charge is 2.48. The summed E-state index contributed by atoms with van der Waals surface area (Å²) in [4.78, 5) is 27.2. The van der Waals surface area contributed by atoms with Gasteiger partial charge in [-0.2, -0.15) is 0 Å². The summed E-state index contributed by atoms with van der Waals surface area (Å²) < 4.78 is 0.626. The van der Waals surface area contributed by atoms with E-state index in [1.165, 1.54) is 29.0 Å². The highest BCUT2D eigenvalue weighted by molar-refractivity contribution is 7.21. The third-order valence-corrected chi connectivity index (χ3v) is 8.66. The summed E-state index contributed by atoms with van der Waals surface area (Å²) in [6.45, 7) is 8.44. The zero-order valence-electron chi connectivity index (χ0n) is 20.0. The predicted octanol–water partition coefficient (Wildman–Crippen LogP) is 7.91. The van der Waals surface area contributed by atoms with Crippen LogP contribution in [0.3, 0.4) is 0 Å². The molecule has 178 valence electrons. The van der Waals surface area contributed by atoms with Crippen LogP contribution < -0.4 is 4.90 Å². The highest BCUT2D eigenvalue weighted by atomic mass is 35.5. The Labute approximate surface area is 213 Å². The largest absolute Gasteiger partial charge is 0.302 e. The summed E-state index contributed by atoms with van der Waals surface area (Å²) in [6.07, 6.45) is 0.722. The van der Waals surface area contributed by atoms with E-state index < -0.39 is 10.5 Å². The second-order valence-electron chi connectivity index (χ2n) is 10.0. The molecule has 1 atom stereocenters. The molecule has 1 aliphatic rings. The zero-order valence-corrected chi connectivity index (χ0v) is 21.5. The number of carbonyl (C=O) groups excluding carboxylic acids is 1. The lowest BCUT2D eigenvalue weighted by molar-refractivity contribution is -0.384. The van der Waals surface area contributed by atoms with Crippen molar-refractivity contribution in [1.29, 1.82) is 0 Å². The van der Waals surface area contributed by atoms with Gasteiger partial charge in [-0.15, -0.1) is 11.3 Å². The van der Waals surface area contributed by atoms with Crippen molar-refractivity contribution >= 4 is 50.3 Å². The molecule has 35 heavy (non-hydrogen) atoms. The van der Waals surface area contributed by atoms with E-state index in [0.717, 1.165) is 23.2 Å². The maximum absolute atomic E-state index is 14.2. The van der Waals surface area contributed by atoms with Crippen molar-refractivity contribution in [2.45, 2.75) is 45.1 Å². The second-order valence-corrected chi connectivity index (χ2v) is 11.5. The number of anilines is 1. The van der Waals surface area contributed by atoms with Crippen LogP contribution in [0.4, 0.5) is 11.4 Å². The Bertz CT molecular complexity index is 1500. The molecule has 2 heterocycles. The van der Waals surface area contributed by atoms with E-state index in [-0.39, 0.29) is 17.0 Å². The van der Waals surface area contributed by atoms with Crippen molar-refractivity contribution in [2.75, 3.05) is 4.90 Å². The molecule has 0 bridgehead atoms. The average molecular weight is 505 g/mol. The van der Waals surface area contributed by atoms with Crippen LogP contribution in [0.15, 0.2) is 66.7 Å². The maximum Gasteiger partial charge on any atom is 0.270 e. The van der Waals surface area contributed by atoms with Crippen LogP contribution in [0.2, 0.25) is 5.02 Å². The third-order valence-electron chi connectivity index (χ3n) is 7.01. The smallest absolute Gasteiger partial charge is 0.270 e. The Hall–Kier alpha value is -3.22. The molecule has 0 radical (unpaired) electrons. The summed E-state index contributed by atoms with van der Waals surface area (Å²) in [6, 6.07) is 21.2. The Kier molecular flexibility index (Phi) is 5.49. The molecule has 1 amide bonds. The van der Waals surface area contributed by atoms with Gasteiger partial charge in [-0.3, -0.25) is 14.9 Å². The SMILES string of the molecule is Cc1ccc2c(c1)N(C(=O)c1sc3cc([N+](=O)[O-])ccc3c1Cl)C(C)(C)C[C@]2(C)c1ccccc1. The summed E-state index contributed by atoms with van der Waals surface area (Å²) in [5.41, 5.74) is 3.41. The first-order valence-electron chi connectivity index (χ1n) is 11.4. The number of amides is 1. The quantitative estimate of drug-likeness (QED) is 0.210. The number of aryl methyl sites for hydroxylation is 1. The standard InChI is InChI=1S/C28H25ClN2O3S/c1-17-10-13-21-22(14-17)30(27(2,3)16-28(21,4)18-8-6-5-7-9-18)26(32)25-24(29)20-12-11-19(31(33)34)15-23(20)35-25/h5-15H,16H2,1-4H3/t28-/m1/s1. The molecule has 0 fully saturated rings. The summed E-state index contributed by atoms with van der Waals surface area (Å²) >= 11 is 7.91. The number of benzene rings is 3. The number of rotatable bonds is 3. The number of halogens is 1. The van der Waals surface area contributed by atoms with Gasteiger partial charge in [-0.1, -0.05) is 61.0 Å². The van der Waals surface area contributed by atoms with E-state index >= 15 is 0 Å². The van der Waals surface area contributed by atoms with Gasteiger partial charge in [0.2, 0.25) is 0 Å². The number of hydrogen-bond acceptors (Lipinski definition) is 4. The van der Waals surface area contributed by atoms with Crippen molar-refractivity contribution in [2.24, 2.45) is 0 Å². The summed E-state index contributed by atoms with van der Waals surface area (Å²) in [5.74, 6) is -0.189. The highest BCUT2D eigenvalue weighted by Crippen LogP contribution is 2.52. The van der Waals surface area contributed by atoms with E-state index in [4.69, 9.17) is 11.6 Å². The minimum absolute atomic E-state index is 0.0210. The van der Waals surface area contributed by atoms with Crippen LogP contribution in [0, 0.1) is 17.0 Å². The van der Waals surface area contributed by atoms with Crippen LogP contribution >= 0.6 is 22.9 Å². The van der Waals surface area contributed by atoms with Crippen LogP contribution in [-0.2, 0) is 5.41 Å².